The van der Waals surface area contributed by atoms with Crippen LogP contribution in [-0.4, -0.2) is 27.1 Å². The maximum absolute atomic E-state index is 4.07. The second kappa shape index (κ2) is 2.73. The van der Waals surface area contributed by atoms with Gasteiger partial charge in [-0.3, -0.25) is 0 Å². The standard InChI is InChI=1S/C8H7N2.Li/c1-7-3-2-4-8-5-9-6-10(7)8;/h2-6H,1H2;. The third-order valence-electron chi connectivity index (χ3n) is 1.89. The first kappa shape index (κ1) is 6.96. The summed E-state index contributed by atoms with van der Waals surface area (Å²) in [4.78, 5) is 4.07. The summed E-state index contributed by atoms with van der Waals surface area (Å²) < 4.78 is 2.11. The molecule has 2 aromatic rings. The van der Waals surface area contributed by atoms with E-state index in [-0.39, 0.29) is 0 Å². The molecule has 0 amide bonds. The Kier molecular flexibility index (Phi) is 1.73. The SMILES string of the molecule is [Li][CH2]c1cccc2cncn12. The van der Waals surface area contributed by atoms with Crippen LogP contribution in [0.4, 0.5) is 0 Å². The topological polar surface area (TPSA) is 17.3 Å². The van der Waals surface area contributed by atoms with Gasteiger partial charge in [-0.2, -0.15) is 0 Å². The fraction of sp³-hybridized carbons (Fsp3) is 0.125. The van der Waals surface area contributed by atoms with Crippen LogP contribution in [0.2, 0.25) is 0 Å². The first-order valence-electron chi connectivity index (χ1n) is 3.82. The van der Waals surface area contributed by atoms with Gasteiger partial charge < -0.3 is 0 Å². The molecule has 2 nitrogen and oxygen atoms in total. The van der Waals surface area contributed by atoms with E-state index in [1.54, 1.807) is 0 Å². The molecule has 50 valence electrons. The number of nitrogens with zero attached hydrogens (tertiary/aromatic N) is 2. The number of pyridine rings is 1. The van der Waals surface area contributed by atoms with Gasteiger partial charge in [-0.1, -0.05) is 0 Å². The summed E-state index contributed by atoms with van der Waals surface area (Å²) in [6, 6.07) is 6.25. The van der Waals surface area contributed by atoms with Crippen molar-refractivity contribution in [3.05, 3.63) is 36.4 Å². The Morgan fingerprint density at radius 3 is 3.18 bits per heavy atom. The number of imidazole rings is 1. The Morgan fingerprint density at radius 2 is 2.36 bits per heavy atom. The van der Waals surface area contributed by atoms with Crippen molar-refractivity contribution in [2.45, 2.75) is 5.09 Å². The van der Waals surface area contributed by atoms with Gasteiger partial charge in [-0.05, 0) is 0 Å². The van der Waals surface area contributed by atoms with Crippen LogP contribution < -0.4 is 0 Å². The molecule has 11 heavy (non-hydrogen) atoms. The predicted molar refractivity (Wildman–Crippen MR) is 44.7 cm³/mol. The van der Waals surface area contributed by atoms with Crippen molar-refractivity contribution in [2.75, 3.05) is 0 Å². The average molecular weight is 138 g/mol. The van der Waals surface area contributed by atoms with Crippen LogP contribution in [0, 0.1) is 0 Å². The minimum absolute atomic E-state index is 1.05. The van der Waals surface area contributed by atoms with Crippen LogP contribution in [0.1, 0.15) is 5.69 Å². The third-order valence-corrected chi connectivity index (χ3v) is 1.89. The van der Waals surface area contributed by atoms with Crippen molar-refractivity contribution >= 4 is 23.2 Å². The Bertz CT molecular complexity index is 367. The summed E-state index contributed by atoms with van der Waals surface area (Å²) in [5.41, 5.74) is 2.48. The van der Waals surface area contributed by atoms with E-state index in [2.05, 4.69) is 45.3 Å². The van der Waals surface area contributed by atoms with E-state index < -0.39 is 0 Å². The molecule has 0 bridgehead atoms. The summed E-state index contributed by atoms with van der Waals surface area (Å²) >= 11 is 2.15. The van der Waals surface area contributed by atoms with Gasteiger partial charge in [0.1, 0.15) is 0 Å². The molecule has 0 aliphatic carbocycles. The summed E-state index contributed by atoms with van der Waals surface area (Å²) in [6.07, 6.45) is 3.73. The Labute approximate surface area is 74.5 Å². The van der Waals surface area contributed by atoms with E-state index in [9.17, 15) is 0 Å². The molecule has 0 saturated heterocycles. The maximum atomic E-state index is 4.07. The molecule has 0 radical (unpaired) electrons. The van der Waals surface area contributed by atoms with Gasteiger partial charge in [0.05, 0.1) is 0 Å². The van der Waals surface area contributed by atoms with Gasteiger partial charge in [0.25, 0.3) is 0 Å². The van der Waals surface area contributed by atoms with Crippen molar-refractivity contribution < 1.29 is 0 Å². The van der Waals surface area contributed by atoms with Crippen LogP contribution in [0.25, 0.3) is 5.52 Å². The average Bonchev–Trinajstić information content (AvgIpc) is 2.50. The molecule has 0 fully saturated rings. The van der Waals surface area contributed by atoms with Crippen molar-refractivity contribution in [1.29, 1.82) is 0 Å². The van der Waals surface area contributed by atoms with Crippen molar-refractivity contribution in [3.8, 4) is 0 Å². The van der Waals surface area contributed by atoms with Crippen molar-refractivity contribution in [3.63, 3.8) is 0 Å². The molecule has 2 heterocycles. The molecule has 0 spiro atoms. The normalized spacial score (nSPS) is 10.7. The summed E-state index contributed by atoms with van der Waals surface area (Å²) in [5, 5.41) is 1.05. The van der Waals surface area contributed by atoms with Gasteiger partial charge in [-0.25, -0.2) is 0 Å². The molecule has 0 aliphatic rings. The second-order valence-electron chi connectivity index (χ2n) is 2.56. The van der Waals surface area contributed by atoms with Crippen LogP contribution in [-0.2, 0) is 5.09 Å². The minimum atomic E-state index is 1.05. The molecule has 2 aromatic heterocycles. The van der Waals surface area contributed by atoms with E-state index in [0.29, 0.717) is 0 Å². The third kappa shape index (κ3) is 1.09. The predicted octanol–water partition coefficient (Wildman–Crippen LogP) is 1.00. The van der Waals surface area contributed by atoms with Crippen molar-refractivity contribution in [1.82, 2.24) is 9.38 Å². The number of hydrogen-bond donors (Lipinski definition) is 0. The van der Waals surface area contributed by atoms with Gasteiger partial charge >= 0.3 is 74.1 Å². The molecular formula is C8H7LiN2. The van der Waals surface area contributed by atoms with Gasteiger partial charge in [-0.15, -0.1) is 0 Å². The summed E-state index contributed by atoms with van der Waals surface area (Å²) in [5.74, 6) is 0. The van der Waals surface area contributed by atoms with Crippen LogP contribution in [0.15, 0.2) is 30.7 Å². The summed E-state index contributed by atoms with van der Waals surface area (Å²) in [6.45, 7) is 0. The van der Waals surface area contributed by atoms with Crippen LogP contribution in [0.3, 0.4) is 0 Å². The molecule has 0 N–H and O–H groups in total. The molecule has 0 saturated carbocycles. The fourth-order valence-corrected chi connectivity index (χ4v) is 1.29. The Morgan fingerprint density at radius 1 is 1.45 bits per heavy atom. The zero-order valence-corrected chi connectivity index (χ0v) is 6.49. The molecule has 3 heteroatoms. The van der Waals surface area contributed by atoms with E-state index in [1.807, 2.05) is 12.5 Å². The molecule has 0 aliphatic heterocycles. The van der Waals surface area contributed by atoms with Crippen LogP contribution >= 0.6 is 0 Å². The Balaban J connectivity index is 2.79. The summed E-state index contributed by atoms with van der Waals surface area (Å²) in [7, 11) is 0. The number of hydrogen-bond acceptors (Lipinski definition) is 1. The number of aromatic nitrogens is 2. The first-order valence-corrected chi connectivity index (χ1v) is 3.82. The molecule has 0 atom stereocenters. The first-order chi connectivity index (χ1) is 5.42. The van der Waals surface area contributed by atoms with Crippen LogP contribution in [0.5, 0.6) is 0 Å². The van der Waals surface area contributed by atoms with E-state index in [1.165, 1.54) is 11.2 Å². The van der Waals surface area contributed by atoms with Gasteiger partial charge in [0, 0.05) is 0 Å². The second-order valence-corrected chi connectivity index (χ2v) is 2.56. The van der Waals surface area contributed by atoms with E-state index in [0.717, 1.165) is 5.09 Å². The van der Waals surface area contributed by atoms with Gasteiger partial charge in [0.15, 0.2) is 0 Å². The van der Waals surface area contributed by atoms with Crippen molar-refractivity contribution in [2.24, 2.45) is 0 Å². The zero-order valence-electron chi connectivity index (χ0n) is 6.49. The monoisotopic (exact) mass is 138 g/mol. The number of fused-ring (bicyclic) bond motifs is 1. The van der Waals surface area contributed by atoms with Gasteiger partial charge in [0.2, 0.25) is 0 Å². The Hall–Kier alpha value is -0.713. The quantitative estimate of drug-likeness (QED) is 0.537. The molecule has 2 rings (SSSR count). The molecule has 0 aromatic carbocycles. The molecule has 0 unspecified atom stereocenters. The van der Waals surface area contributed by atoms with E-state index in [4.69, 9.17) is 0 Å². The molecular weight excluding hydrogens is 131 g/mol. The number of rotatable bonds is 1. The fourth-order valence-electron chi connectivity index (χ4n) is 1.29. The van der Waals surface area contributed by atoms with E-state index >= 15 is 0 Å². The zero-order chi connectivity index (χ0) is 7.68.